The number of ether oxygens (including phenoxy) is 1. The molecule has 0 unspecified atom stereocenters. The van der Waals surface area contributed by atoms with Crippen molar-refractivity contribution in [2.75, 3.05) is 46.0 Å². The van der Waals surface area contributed by atoms with Gasteiger partial charge in [-0.05, 0) is 70.0 Å². The Morgan fingerprint density at radius 1 is 1.07 bits per heavy atom. The number of morpholine rings is 1. The monoisotopic (exact) mass is 630 g/mol. The van der Waals surface area contributed by atoms with Crippen molar-refractivity contribution >= 4 is 27.9 Å². The van der Waals surface area contributed by atoms with Crippen molar-refractivity contribution in [3.05, 3.63) is 77.5 Å². The van der Waals surface area contributed by atoms with Crippen LogP contribution in [0.4, 0.5) is 0 Å². The smallest absolute Gasteiger partial charge is 0.269 e. The molecule has 2 aliphatic heterocycles. The molecule has 0 spiro atoms. The number of aliphatic hydroxyl groups excluding tert-OH is 1. The van der Waals surface area contributed by atoms with E-state index in [1.165, 1.54) is 0 Å². The number of amides is 1. The van der Waals surface area contributed by atoms with E-state index in [9.17, 15) is 14.1 Å². The summed E-state index contributed by atoms with van der Waals surface area (Å²) in [5, 5.41) is 14.2. The van der Waals surface area contributed by atoms with Gasteiger partial charge in [-0.3, -0.25) is 9.69 Å². The number of aromatic nitrogens is 1. The zero-order valence-corrected chi connectivity index (χ0v) is 27.1. The van der Waals surface area contributed by atoms with Crippen LogP contribution in [0.25, 0.3) is 33.6 Å². The SMILES string of the molecule is CC(C)(C)[S@](=O)N1Cc2cc(C(=O)NCCCN3CCOCC3)nc(-c3cccc(-c4cc5ccccc5o4)c3)c2[C@@H]1CCO. The molecule has 0 aliphatic carbocycles. The van der Waals surface area contributed by atoms with Crippen molar-refractivity contribution in [3.63, 3.8) is 0 Å². The van der Waals surface area contributed by atoms with Gasteiger partial charge in [0.2, 0.25) is 0 Å². The van der Waals surface area contributed by atoms with Crippen molar-refractivity contribution in [3.8, 4) is 22.6 Å². The fraction of sp³-hybridized carbons (Fsp3) is 0.429. The highest BCUT2D eigenvalue weighted by molar-refractivity contribution is 7.84. The molecule has 1 fully saturated rings. The molecular weight excluding hydrogens is 588 g/mol. The Labute approximate surface area is 267 Å². The first-order chi connectivity index (χ1) is 21.7. The molecule has 45 heavy (non-hydrogen) atoms. The van der Waals surface area contributed by atoms with E-state index in [-0.39, 0.29) is 18.6 Å². The molecule has 2 atom stereocenters. The van der Waals surface area contributed by atoms with Gasteiger partial charge in [0, 0.05) is 54.9 Å². The number of para-hydroxylation sites is 1. The highest BCUT2D eigenvalue weighted by atomic mass is 32.2. The lowest BCUT2D eigenvalue weighted by Gasteiger charge is -2.30. The van der Waals surface area contributed by atoms with Gasteiger partial charge in [-0.2, -0.15) is 0 Å². The average Bonchev–Trinajstić information content (AvgIpc) is 3.64. The Hall–Kier alpha value is -3.41. The van der Waals surface area contributed by atoms with E-state index < -0.39 is 15.7 Å². The molecule has 2 aromatic heterocycles. The third kappa shape index (κ3) is 6.90. The van der Waals surface area contributed by atoms with Crippen molar-refractivity contribution in [2.45, 2.75) is 50.9 Å². The van der Waals surface area contributed by atoms with E-state index in [0.717, 1.165) is 78.3 Å². The molecule has 2 aromatic carbocycles. The Bertz CT molecular complexity index is 1660. The molecule has 4 heterocycles. The molecule has 2 aliphatic rings. The zero-order chi connectivity index (χ0) is 31.6. The van der Waals surface area contributed by atoms with Crippen LogP contribution in [-0.4, -0.2) is 80.2 Å². The summed E-state index contributed by atoms with van der Waals surface area (Å²) in [7, 11) is -1.34. The lowest BCUT2D eigenvalue weighted by molar-refractivity contribution is 0.0374. The van der Waals surface area contributed by atoms with Gasteiger partial charge in [0.1, 0.15) is 28.0 Å². The second-order valence-electron chi connectivity index (χ2n) is 12.7. The quantitative estimate of drug-likeness (QED) is 0.229. The summed E-state index contributed by atoms with van der Waals surface area (Å²) in [5.41, 5.74) is 5.34. The normalized spacial score (nSPS) is 18.3. The second kappa shape index (κ2) is 13.5. The van der Waals surface area contributed by atoms with E-state index in [1.807, 2.05) is 85.7 Å². The first kappa shape index (κ1) is 31.6. The minimum atomic E-state index is -1.34. The van der Waals surface area contributed by atoms with Gasteiger partial charge >= 0.3 is 0 Å². The number of nitrogens with one attached hydrogen (secondary N) is 1. The molecule has 9 nitrogen and oxygen atoms in total. The Balaban J connectivity index is 1.35. The number of carbonyl (C=O) groups excluding carboxylic acids is 1. The number of furan rings is 1. The van der Waals surface area contributed by atoms with Gasteiger partial charge in [-0.15, -0.1) is 0 Å². The van der Waals surface area contributed by atoms with Crippen LogP contribution in [0.3, 0.4) is 0 Å². The standard InChI is InChI=1S/C35H42N4O5S/c1-35(2,3)45(42)39-23-27-21-28(34(41)36-13-7-14-38-15-18-43-19-16-38)37-33(32(27)29(39)12-17-40)26-10-6-9-24(20-26)31-22-25-8-4-5-11-30(25)44-31/h4-6,8-11,20-22,29,40H,7,12-19,23H2,1-3H3,(H,36,41)/t29-,45-/m0/s1. The Morgan fingerprint density at radius 2 is 1.84 bits per heavy atom. The number of aliphatic hydroxyl groups is 1. The predicted molar refractivity (Wildman–Crippen MR) is 177 cm³/mol. The van der Waals surface area contributed by atoms with E-state index in [1.54, 1.807) is 0 Å². The van der Waals surface area contributed by atoms with Crippen LogP contribution in [0.5, 0.6) is 0 Å². The largest absolute Gasteiger partial charge is 0.456 e. The second-order valence-corrected chi connectivity index (χ2v) is 14.9. The number of nitrogens with zero attached hydrogens (tertiary/aromatic N) is 3. The Morgan fingerprint density at radius 3 is 2.60 bits per heavy atom. The maximum atomic E-state index is 13.7. The van der Waals surface area contributed by atoms with Crippen molar-refractivity contribution in [1.29, 1.82) is 0 Å². The fourth-order valence-electron chi connectivity index (χ4n) is 6.17. The van der Waals surface area contributed by atoms with Crippen LogP contribution < -0.4 is 5.32 Å². The molecule has 6 rings (SSSR count). The molecule has 0 bridgehead atoms. The third-order valence-electron chi connectivity index (χ3n) is 8.41. The van der Waals surface area contributed by atoms with E-state index in [0.29, 0.717) is 30.9 Å². The highest BCUT2D eigenvalue weighted by Crippen LogP contribution is 2.44. The van der Waals surface area contributed by atoms with Crippen molar-refractivity contribution in [1.82, 2.24) is 19.5 Å². The summed E-state index contributed by atoms with van der Waals surface area (Å²) < 4.78 is 26.8. The topological polar surface area (TPSA) is 108 Å². The molecular formula is C35H42N4O5S. The van der Waals surface area contributed by atoms with Gasteiger partial charge in [0.15, 0.2) is 0 Å². The number of carbonyl (C=O) groups is 1. The molecule has 4 aromatic rings. The number of fused-ring (bicyclic) bond motifs is 2. The van der Waals surface area contributed by atoms with Crippen LogP contribution in [0.1, 0.15) is 61.3 Å². The third-order valence-corrected chi connectivity index (χ3v) is 10.3. The summed E-state index contributed by atoms with van der Waals surface area (Å²) in [6.45, 7) is 11.0. The first-order valence-electron chi connectivity index (χ1n) is 15.7. The predicted octanol–water partition coefficient (Wildman–Crippen LogP) is 5.32. The molecule has 0 saturated carbocycles. The van der Waals surface area contributed by atoms with Crippen molar-refractivity contribution in [2.24, 2.45) is 0 Å². The van der Waals surface area contributed by atoms with E-state index in [4.69, 9.17) is 14.1 Å². The summed E-state index contributed by atoms with van der Waals surface area (Å²) >= 11 is 0. The number of rotatable bonds is 10. The minimum absolute atomic E-state index is 0.0637. The van der Waals surface area contributed by atoms with Crippen molar-refractivity contribution < 1.29 is 23.3 Å². The lowest BCUT2D eigenvalue weighted by Crippen LogP contribution is -2.38. The maximum absolute atomic E-state index is 13.7. The number of benzene rings is 2. The molecule has 2 N–H and O–H groups in total. The summed E-state index contributed by atoms with van der Waals surface area (Å²) in [6, 6.07) is 19.4. The number of hydrogen-bond acceptors (Lipinski definition) is 7. The van der Waals surface area contributed by atoms with Gasteiger partial charge in [0.05, 0.1) is 29.7 Å². The fourth-order valence-corrected chi connectivity index (χ4v) is 7.57. The van der Waals surface area contributed by atoms with Gasteiger partial charge < -0.3 is 19.6 Å². The van der Waals surface area contributed by atoms with E-state index in [2.05, 4.69) is 10.2 Å². The van der Waals surface area contributed by atoms with Crippen LogP contribution in [-0.2, 0) is 22.3 Å². The van der Waals surface area contributed by atoms with Crippen LogP contribution in [0.15, 0.2) is 65.1 Å². The van der Waals surface area contributed by atoms with E-state index >= 15 is 0 Å². The van der Waals surface area contributed by atoms with Gasteiger partial charge in [0.25, 0.3) is 5.91 Å². The maximum Gasteiger partial charge on any atom is 0.269 e. The summed E-state index contributed by atoms with van der Waals surface area (Å²) in [6.07, 6.45) is 1.24. The highest BCUT2D eigenvalue weighted by Gasteiger charge is 2.40. The molecule has 0 radical (unpaired) electrons. The molecule has 10 heteroatoms. The minimum Gasteiger partial charge on any atom is -0.456 e. The number of pyridine rings is 1. The van der Waals surface area contributed by atoms with Crippen LogP contribution in [0.2, 0.25) is 0 Å². The van der Waals surface area contributed by atoms with Crippen LogP contribution in [0, 0.1) is 0 Å². The number of hydrogen-bond donors (Lipinski definition) is 2. The van der Waals surface area contributed by atoms with Gasteiger partial charge in [-0.1, -0.05) is 36.4 Å². The average molecular weight is 631 g/mol. The summed E-state index contributed by atoms with van der Waals surface area (Å²) in [4.78, 5) is 20.8. The zero-order valence-electron chi connectivity index (χ0n) is 26.3. The molecule has 1 amide bonds. The molecule has 238 valence electrons. The van der Waals surface area contributed by atoms with Gasteiger partial charge in [-0.25, -0.2) is 13.5 Å². The van der Waals surface area contributed by atoms with Crippen LogP contribution >= 0.6 is 0 Å². The molecule has 1 saturated heterocycles. The first-order valence-corrected chi connectivity index (χ1v) is 16.8. The lowest BCUT2D eigenvalue weighted by atomic mass is 9.95. The Kier molecular flexibility index (Phi) is 9.49. The summed E-state index contributed by atoms with van der Waals surface area (Å²) in [5.74, 6) is 0.509.